The van der Waals surface area contributed by atoms with Crippen LogP contribution in [-0.2, 0) is 13.1 Å². The molecule has 2 aromatic carbocycles. The second-order valence-electron chi connectivity index (χ2n) is 6.91. The lowest BCUT2D eigenvalue weighted by atomic mass is 10.1. The van der Waals surface area contributed by atoms with E-state index in [1.165, 1.54) is 11.1 Å². The summed E-state index contributed by atoms with van der Waals surface area (Å²) in [6.45, 7) is 6.33. The molecule has 0 aromatic heterocycles. The average molecular weight is 494 g/mol. The van der Waals surface area contributed by atoms with E-state index in [1.54, 1.807) is 19.0 Å². The Hall–Kier alpha value is -2.09. The number of benzene rings is 2. The molecule has 0 heterocycles. The minimum atomic E-state index is 0. The van der Waals surface area contributed by atoms with Crippen molar-refractivity contribution in [3.05, 3.63) is 70.8 Å². The summed E-state index contributed by atoms with van der Waals surface area (Å²) in [4.78, 5) is 20.4. The number of aryl methyl sites for hydroxylation is 1. The molecule has 0 saturated heterocycles. The van der Waals surface area contributed by atoms with Gasteiger partial charge in [-0.1, -0.05) is 42.0 Å². The lowest BCUT2D eigenvalue weighted by molar-refractivity contribution is 0.0827. The molecule has 2 aromatic rings. The number of rotatable bonds is 6. The summed E-state index contributed by atoms with van der Waals surface area (Å²) in [5, 5.41) is 3.34. The van der Waals surface area contributed by atoms with Crippen molar-refractivity contribution < 1.29 is 4.79 Å². The lowest BCUT2D eigenvalue weighted by Crippen LogP contribution is -2.38. The number of guanidine groups is 1. The summed E-state index contributed by atoms with van der Waals surface area (Å²) in [5.74, 6) is 0.878. The fourth-order valence-electron chi connectivity index (χ4n) is 2.69. The van der Waals surface area contributed by atoms with E-state index in [2.05, 4.69) is 48.3 Å². The molecule has 0 aliphatic carbocycles. The Morgan fingerprint density at radius 3 is 2.07 bits per heavy atom. The summed E-state index contributed by atoms with van der Waals surface area (Å²) in [6.07, 6.45) is 0. The summed E-state index contributed by atoms with van der Waals surface area (Å²) in [7, 11) is 5.56. The molecule has 2 rings (SSSR count). The molecule has 0 fully saturated rings. The van der Waals surface area contributed by atoms with E-state index in [0.29, 0.717) is 12.1 Å². The van der Waals surface area contributed by atoms with Crippen LogP contribution in [-0.4, -0.2) is 49.4 Å². The van der Waals surface area contributed by atoms with Gasteiger partial charge in [-0.15, -0.1) is 24.0 Å². The zero-order valence-corrected chi connectivity index (χ0v) is 19.7. The van der Waals surface area contributed by atoms with Gasteiger partial charge in [-0.05, 0) is 37.1 Å². The van der Waals surface area contributed by atoms with Crippen molar-refractivity contribution in [2.45, 2.75) is 26.9 Å². The molecule has 1 N–H and O–H groups in total. The van der Waals surface area contributed by atoms with Gasteiger partial charge in [-0.25, -0.2) is 4.99 Å². The molecule has 0 aliphatic rings. The Morgan fingerprint density at radius 2 is 1.54 bits per heavy atom. The first kappa shape index (κ1) is 23.9. The highest BCUT2D eigenvalue weighted by atomic mass is 127. The molecule has 28 heavy (non-hydrogen) atoms. The van der Waals surface area contributed by atoms with E-state index in [1.807, 2.05) is 31.3 Å². The molecule has 6 heteroatoms. The zero-order chi connectivity index (χ0) is 19.8. The maximum absolute atomic E-state index is 12.0. The molecule has 0 atom stereocenters. The van der Waals surface area contributed by atoms with Gasteiger partial charge in [0, 0.05) is 39.8 Å². The van der Waals surface area contributed by atoms with Crippen molar-refractivity contribution in [1.82, 2.24) is 15.1 Å². The normalized spacial score (nSPS) is 10.8. The number of aliphatic imine (C=N–C) groups is 1. The first-order valence-corrected chi connectivity index (χ1v) is 9.26. The number of carbonyl (C=O) groups is 1. The second-order valence-corrected chi connectivity index (χ2v) is 6.91. The van der Waals surface area contributed by atoms with Crippen LogP contribution in [0.3, 0.4) is 0 Å². The number of hydrogen-bond donors (Lipinski definition) is 1. The van der Waals surface area contributed by atoms with Crippen LogP contribution in [0.5, 0.6) is 0 Å². The van der Waals surface area contributed by atoms with E-state index < -0.39 is 0 Å². The van der Waals surface area contributed by atoms with Gasteiger partial charge in [0.2, 0.25) is 0 Å². The quantitative estimate of drug-likeness (QED) is 0.377. The number of hydrogen-bond acceptors (Lipinski definition) is 2. The van der Waals surface area contributed by atoms with Gasteiger partial charge in [0.25, 0.3) is 5.91 Å². The van der Waals surface area contributed by atoms with E-state index in [9.17, 15) is 4.79 Å². The Bertz CT molecular complexity index is 770. The fraction of sp³-hybridized carbons (Fsp3) is 0.364. The highest BCUT2D eigenvalue weighted by Crippen LogP contribution is 2.09. The maximum Gasteiger partial charge on any atom is 0.253 e. The number of halogens is 1. The number of nitrogens with zero attached hydrogens (tertiary/aromatic N) is 3. The minimum absolute atomic E-state index is 0. The summed E-state index contributed by atoms with van der Waals surface area (Å²) in [6, 6.07) is 16.2. The standard InChI is InChI=1S/C22H30N4O.HI/c1-6-23-22(26(5)16-19-9-7-17(2)8-10-19)24-15-18-11-13-20(14-12-18)21(27)25(3)4;/h7-14H,6,15-16H2,1-5H3,(H,23,24);1H. The van der Waals surface area contributed by atoms with Gasteiger partial charge in [-0.2, -0.15) is 0 Å². The predicted molar refractivity (Wildman–Crippen MR) is 127 cm³/mol. The molecular formula is C22H31IN4O. The third-order valence-electron chi connectivity index (χ3n) is 4.26. The Labute approximate surface area is 185 Å². The largest absolute Gasteiger partial charge is 0.357 e. The maximum atomic E-state index is 12.0. The predicted octanol–water partition coefficient (Wildman–Crippen LogP) is 3.91. The first-order chi connectivity index (χ1) is 12.9. The van der Waals surface area contributed by atoms with E-state index >= 15 is 0 Å². The molecule has 0 spiro atoms. The SMILES string of the molecule is CCNC(=NCc1ccc(C(=O)N(C)C)cc1)N(C)Cc1ccc(C)cc1.I. The van der Waals surface area contributed by atoms with Crippen LogP contribution < -0.4 is 5.32 Å². The topological polar surface area (TPSA) is 47.9 Å². The van der Waals surface area contributed by atoms with Gasteiger partial charge in [0.15, 0.2) is 5.96 Å². The third kappa shape index (κ3) is 7.14. The Kier molecular flexibility index (Phi) is 9.99. The van der Waals surface area contributed by atoms with Crippen LogP contribution in [0.2, 0.25) is 0 Å². The van der Waals surface area contributed by atoms with E-state index in [0.717, 1.165) is 24.6 Å². The van der Waals surface area contributed by atoms with Gasteiger partial charge in [0.1, 0.15) is 0 Å². The van der Waals surface area contributed by atoms with Crippen LogP contribution >= 0.6 is 24.0 Å². The number of amides is 1. The molecule has 0 saturated carbocycles. The molecule has 0 aliphatic heterocycles. The third-order valence-corrected chi connectivity index (χ3v) is 4.26. The van der Waals surface area contributed by atoms with Crippen LogP contribution in [0, 0.1) is 6.92 Å². The van der Waals surface area contributed by atoms with Crippen molar-refractivity contribution in [3.8, 4) is 0 Å². The zero-order valence-electron chi connectivity index (χ0n) is 17.4. The van der Waals surface area contributed by atoms with E-state index in [-0.39, 0.29) is 29.9 Å². The fourth-order valence-corrected chi connectivity index (χ4v) is 2.69. The van der Waals surface area contributed by atoms with E-state index in [4.69, 9.17) is 4.99 Å². The second kappa shape index (κ2) is 11.7. The summed E-state index contributed by atoms with van der Waals surface area (Å²) >= 11 is 0. The van der Waals surface area contributed by atoms with Crippen LogP contribution in [0.25, 0.3) is 0 Å². The number of nitrogens with one attached hydrogen (secondary N) is 1. The average Bonchev–Trinajstić information content (AvgIpc) is 2.66. The van der Waals surface area contributed by atoms with Gasteiger partial charge in [-0.3, -0.25) is 4.79 Å². The number of carbonyl (C=O) groups excluding carboxylic acids is 1. The summed E-state index contributed by atoms with van der Waals surface area (Å²) in [5.41, 5.74) is 4.28. The molecule has 0 unspecified atom stereocenters. The molecule has 0 radical (unpaired) electrons. The van der Waals surface area contributed by atoms with Gasteiger partial charge in [0.05, 0.1) is 6.54 Å². The van der Waals surface area contributed by atoms with Crippen LogP contribution in [0.4, 0.5) is 0 Å². The first-order valence-electron chi connectivity index (χ1n) is 9.26. The lowest BCUT2D eigenvalue weighted by Gasteiger charge is -2.22. The van der Waals surface area contributed by atoms with Gasteiger partial charge >= 0.3 is 0 Å². The van der Waals surface area contributed by atoms with Crippen LogP contribution in [0.1, 0.15) is 34.0 Å². The Balaban J connectivity index is 0.00000392. The highest BCUT2D eigenvalue weighted by Gasteiger charge is 2.08. The molecule has 5 nitrogen and oxygen atoms in total. The van der Waals surface area contributed by atoms with Crippen molar-refractivity contribution in [2.24, 2.45) is 4.99 Å². The van der Waals surface area contributed by atoms with Crippen molar-refractivity contribution >= 4 is 35.8 Å². The van der Waals surface area contributed by atoms with Gasteiger partial charge < -0.3 is 15.1 Å². The van der Waals surface area contributed by atoms with Crippen LogP contribution in [0.15, 0.2) is 53.5 Å². The van der Waals surface area contributed by atoms with Crippen molar-refractivity contribution in [3.63, 3.8) is 0 Å². The monoisotopic (exact) mass is 494 g/mol. The van der Waals surface area contributed by atoms with Crippen molar-refractivity contribution in [1.29, 1.82) is 0 Å². The molecule has 0 bridgehead atoms. The molecular weight excluding hydrogens is 463 g/mol. The Morgan fingerprint density at radius 1 is 0.964 bits per heavy atom. The van der Waals surface area contributed by atoms with Crippen molar-refractivity contribution in [2.75, 3.05) is 27.7 Å². The molecule has 1 amide bonds. The molecule has 152 valence electrons. The minimum Gasteiger partial charge on any atom is -0.357 e. The highest BCUT2D eigenvalue weighted by molar-refractivity contribution is 14.0. The summed E-state index contributed by atoms with van der Waals surface area (Å²) < 4.78 is 0. The smallest absolute Gasteiger partial charge is 0.253 e.